The molecular weight excluding hydrogens is 349 g/mol. The number of rotatable bonds is 7. The quantitative estimate of drug-likeness (QED) is 0.694. The molecule has 0 spiro atoms. The molecule has 0 heterocycles. The number of amides is 2. The van der Waals surface area contributed by atoms with Crippen LogP contribution in [-0.4, -0.2) is 25.0 Å². The minimum absolute atomic E-state index is 0.190. The number of carbonyl (C=O) groups is 2. The van der Waals surface area contributed by atoms with Crippen LogP contribution < -0.4 is 20.7 Å². The van der Waals surface area contributed by atoms with Gasteiger partial charge in [0.1, 0.15) is 17.6 Å². The molecule has 2 amide bonds. The summed E-state index contributed by atoms with van der Waals surface area (Å²) in [6, 6.07) is 10.3. The maximum Gasteiger partial charge on any atom is 0.242 e. The van der Waals surface area contributed by atoms with Gasteiger partial charge in [-0.05, 0) is 49.7 Å². The molecule has 0 saturated heterocycles. The Kier molecular flexibility index (Phi) is 6.76. The first kappa shape index (κ1) is 20.2. The van der Waals surface area contributed by atoms with Crippen LogP contribution in [0.25, 0.3) is 0 Å². The third-order valence-electron chi connectivity index (χ3n) is 4.01. The van der Waals surface area contributed by atoms with Crippen LogP contribution in [0.15, 0.2) is 42.5 Å². The standard InChI is InChI=1S/C20H24FN3O3/c1-12(15-5-7-16(21)8-6-15)23-20(26)13(2)22-18-11-17(24-14(3)25)9-10-19(18)27-4/h5-13,22H,1-4H3,(H,23,26)(H,24,25)/t12-,13+/m1/s1. The molecule has 0 radical (unpaired) electrons. The van der Waals surface area contributed by atoms with Crippen LogP contribution in [-0.2, 0) is 9.59 Å². The highest BCUT2D eigenvalue weighted by atomic mass is 19.1. The Morgan fingerprint density at radius 3 is 2.33 bits per heavy atom. The van der Waals surface area contributed by atoms with Gasteiger partial charge >= 0.3 is 0 Å². The van der Waals surface area contributed by atoms with E-state index in [4.69, 9.17) is 4.74 Å². The first-order chi connectivity index (χ1) is 12.8. The van der Waals surface area contributed by atoms with Crippen LogP contribution in [0.5, 0.6) is 5.75 Å². The van der Waals surface area contributed by atoms with Crippen LogP contribution in [0.4, 0.5) is 15.8 Å². The molecule has 2 aromatic rings. The average Bonchev–Trinajstić information content (AvgIpc) is 2.61. The van der Waals surface area contributed by atoms with E-state index in [1.165, 1.54) is 26.2 Å². The highest BCUT2D eigenvalue weighted by Gasteiger charge is 2.18. The van der Waals surface area contributed by atoms with Crippen molar-refractivity contribution in [2.75, 3.05) is 17.7 Å². The Morgan fingerprint density at radius 1 is 1.07 bits per heavy atom. The number of hydrogen-bond acceptors (Lipinski definition) is 4. The Balaban J connectivity index is 2.06. The number of methoxy groups -OCH3 is 1. The lowest BCUT2D eigenvalue weighted by molar-refractivity contribution is -0.122. The van der Waals surface area contributed by atoms with Crippen LogP contribution in [0, 0.1) is 5.82 Å². The molecule has 0 aromatic heterocycles. The number of carbonyl (C=O) groups excluding carboxylic acids is 2. The first-order valence-corrected chi connectivity index (χ1v) is 8.58. The average molecular weight is 373 g/mol. The minimum atomic E-state index is -0.561. The van der Waals surface area contributed by atoms with Crippen molar-refractivity contribution in [2.24, 2.45) is 0 Å². The van der Waals surface area contributed by atoms with E-state index >= 15 is 0 Å². The van der Waals surface area contributed by atoms with Gasteiger partial charge in [0.05, 0.1) is 18.8 Å². The van der Waals surface area contributed by atoms with Crippen LogP contribution in [0.3, 0.4) is 0 Å². The zero-order valence-corrected chi connectivity index (χ0v) is 15.8. The number of benzene rings is 2. The summed E-state index contributed by atoms with van der Waals surface area (Å²) in [5, 5.41) is 8.67. The van der Waals surface area contributed by atoms with Gasteiger partial charge in [-0.15, -0.1) is 0 Å². The summed E-state index contributed by atoms with van der Waals surface area (Å²) >= 11 is 0. The highest BCUT2D eigenvalue weighted by molar-refractivity contribution is 5.90. The second-order valence-corrected chi connectivity index (χ2v) is 6.24. The molecule has 3 N–H and O–H groups in total. The fourth-order valence-electron chi connectivity index (χ4n) is 2.57. The van der Waals surface area contributed by atoms with Crippen molar-refractivity contribution >= 4 is 23.2 Å². The normalized spacial score (nSPS) is 12.6. The Morgan fingerprint density at radius 2 is 1.74 bits per heavy atom. The summed E-state index contributed by atoms with van der Waals surface area (Å²) in [6.45, 7) is 4.97. The van der Waals surface area contributed by atoms with Gasteiger partial charge < -0.3 is 20.7 Å². The van der Waals surface area contributed by atoms with E-state index in [9.17, 15) is 14.0 Å². The van der Waals surface area contributed by atoms with Gasteiger partial charge in [-0.1, -0.05) is 12.1 Å². The van der Waals surface area contributed by atoms with Gasteiger partial charge in [-0.25, -0.2) is 4.39 Å². The number of anilines is 2. The molecule has 0 fully saturated rings. The minimum Gasteiger partial charge on any atom is -0.495 e. The van der Waals surface area contributed by atoms with Crippen molar-refractivity contribution < 1.29 is 18.7 Å². The number of halogens is 1. The van der Waals surface area contributed by atoms with Gasteiger partial charge in [0.2, 0.25) is 11.8 Å². The Bertz CT molecular complexity index is 809. The summed E-state index contributed by atoms with van der Waals surface area (Å²) in [5.74, 6) is -0.183. The van der Waals surface area contributed by atoms with E-state index in [-0.39, 0.29) is 23.7 Å². The van der Waals surface area contributed by atoms with Crippen LogP contribution in [0.2, 0.25) is 0 Å². The summed E-state index contributed by atoms with van der Waals surface area (Å²) in [5.41, 5.74) is 1.99. The third kappa shape index (κ3) is 5.70. The lowest BCUT2D eigenvalue weighted by Gasteiger charge is -2.21. The fraction of sp³-hybridized carbons (Fsp3) is 0.300. The molecule has 2 atom stereocenters. The van der Waals surface area contributed by atoms with E-state index in [2.05, 4.69) is 16.0 Å². The van der Waals surface area contributed by atoms with Crippen molar-refractivity contribution in [1.29, 1.82) is 0 Å². The maximum absolute atomic E-state index is 13.0. The predicted molar refractivity (Wildman–Crippen MR) is 103 cm³/mol. The van der Waals surface area contributed by atoms with Gasteiger partial charge in [0.15, 0.2) is 0 Å². The zero-order valence-electron chi connectivity index (χ0n) is 15.8. The summed E-state index contributed by atoms with van der Waals surface area (Å²) in [7, 11) is 1.53. The molecule has 0 bridgehead atoms. The lowest BCUT2D eigenvalue weighted by atomic mass is 10.1. The Hall–Kier alpha value is -3.09. The molecule has 0 aliphatic heterocycles. The zero-order chi connectivity index (χ0) is 20.0. The smallest absolute Gasteiger partial charge is 0.242 e. The van der Waals surface area contributed by atoms with Crippen molar-refractivity contribution in [3.05, 3.63) is 53.8 Å². The van der Waals surface area contributed by atoms with Gasteiger partial charge in [-0.2, -0.15) is 0 Å². The second-order valence-electron chi connectivity index (χ2n) is 6.24. The molecule has 0 saturated carbocycles. The van der Waals surface area contributed by atoms with Gasteiger partial charge in [-0.3, -0.25) is 9.59 Å². The van der Waals surface area contributed by atoms with Crippen molar-refractivity contribution in [1.82, 2.24) is 5.32 Å². The summed E-state index contributed by atoms with van der Waals surface area (Å²) < 4.78 is 18.3. The predicted octanol–water partition coefficient (Wildman–Crippen LogP) is 3.47. The first-order valence-electron chi connectivity index (χ1n) is 8.58. The monoisotopic (exact) mass is 373 g/mol. The number of hydrogen-bond donors (Lipinski definition) is 3. The molecule has 27 heavy (non-hydrogen) atoms. The molecule has 0 aliphatic rings. The molecule has 0 aliphatic carbocycles. The van der Waals surface area contributed by atoms with Crippen molar-refractivity contribution in [3.8, 4) is 5.75 Å². The van der Waals surface area contributed by atoms with Gasteiger partial charge in [0.25, 0.3) is 0 Å². The maximum atomic E-state index is 13.0. The van der Waals surface area contributed by atoms with Crippen molar-refractivity contribution in [2.45, 2.75) is 32.9 Å². The van der Waals surface area contributed by atoms with Gasteiger partial charge in [0, 0.05) is 12.6 Å². The largest absolute Gasteiger partial charge is 0.495 e. The highest BCUT2D eigenvalue weighted by Crippen LogP contribution is 2.28. The van der Waals surface area contributed by atoms with E-state index in [1.54, 1.807) is 37.3 Å². The lowest BCUT2D eigenvalue weighted by Crippen LogP contribution is -2.39. The van der Waals surface area contributed by atoms with Crippen LogP contribution >= 0.6 is 0 Å². The summed E-state index contributed by atoms with van der Waals surface area (Å²) in [6.07, 6.45) is 0. The number of ether oxygens (including phenoxy) is 1. The van der Waals surface area contributed by atoms with Crippen LogP contribution in [0.1, 0.15) is 32.4 Å². The van der Waals surface area contributed by atoms with E-state index in [0.29, 0.717) is 17.1 Å². The van der Waals surface area contributed by atoms with Crippen molar-refractivity contribution in [3.63, 3.8) is 0 Å². The SMILES string of the molecule is COc1ccc(NC(C)=O)cc1N[C@@H](C)C(=O)N[C@H](C)c1ccc(F)cc1. The fourth-order valence-corrected chi connectivity index (χ4v) is 2.57. The molecule has 2 rings (SSSR count). The topological polar surface area (TPSA) is 79.5 Å². The number of nitrogens with one attached hydrogen (secondary N) is 3. The molecule has 0 unspecified atom stereocenters. The summed E-state index contributed by atoms with van der Waals surface area (Å²) in [4.78, 5) is 23.7. The molecule has 6 nitrogen and oxygen atoms in total. The third-order valence-corrected chi connectivity index (χ3v) is 4.01. The van der Waals surface area contributed by atoms with E-state index in [0.717, 1.165) is 5.56 Å². The van der Waals surface area contributed by atoms with E-state index < -0.39 is 6.04 Å². The second kappa shape index (κ2) is 9.02. The molecule has 2 aromatic carbocycles. The van der Waals surface area contributed by atoms with E-state index in [1.807, 2.05) is 6.92 Å². The molecule has 7 heteroatoms. The molecule has 144 valence electrons. The Labute approximate surface area is 158 Å². The molecular formula is C20H24FN3O3.